The molecule has 2 rings (SSSR count). The molecule has 1 amide bonds. The second kappa shape index (κ2) is 6.86. The van der Waals surface area contributed by atoms with Crippen LogP contribution in [-0.2, 0) is 4.79 Å². The fourth-order valence-electron chi connectivity index (χ4n) is 2.73. The number of aliphatic hydroxyl groups excluding tert-OH is 1. The zero-order valence-electron chi connectivity index (χ0n) is 12.1. The maximum Gasteiger partial charge on any atom is 0.238 e. The van der Waals surface area contributed by atoms with E-state index in [0.29, 0.717) is 0 Å². The molecule has 0 bridgehead atoms. The first-order valence-electron chi connectivity index (χ1n) is 7.36. The van der Waals surface area contributed by atoms with Crippen LogP contribution in [0.15, 0.2) is 24.3 Å². The molecule has 1 aliphatic rings. The number of aryl methyl sites for hydroxylation is 1. The van der Waals surface area contributed by atoms with Crippen LogP contribution in [0.2, 0.25) is 0 Å². The molecular formula is C16H24N2O2. The summed E-state index contributed by atoms with van der Waals surface area (Å²) < 4.78 is 0. The van der Waals surface area contributed by atoms with Gasteiger partial charge in [0.1, 0.15) is 0 Å². The molecule has 0 saturated heterocycles. The van der Waals surface area contributed by atoms with Gasteiger partial charge in [0.15, 0.2) is 0 Å². The number of aliphatic hydroxyl groups is 1. The number of nitrogens with one attached hydrogen (secondary N) is 2. The lowest BCUT2D eigenvalue weighted by Gasteiger charge is -2.36. The molecule has 4 heteroatoms. The third-order valence-corrected chi connectivity index (χ3v) is 4.07. The first-order valence-corrected chi connectivity index (χ1v) is 7.36. The van der Waals surface area contributed by atoms with E-state index in [4.69, 9.17) is 0 Å². The molecule has 0 unspecified atom stereocenters. The molecule has 0 radical (unpaired) electrons. The Kier molecular flexibility index (Phi) is 5.15. The van der Waals surface area contributed by atoms with E-state index in [1.807, 2.05) is 31.2 Å². The van der Waals surface area contributed by atoms with E-state index in [1.54, 1.807) is 0 Å². The lowest BCUT2D eigenvalue weighted by Crippen LogP contribution is -2.52. The topological polar surface area (TPSA) is 61.4 Å². The Morgan fingerprint density at radius 3 is 2.45 bits per heavy atom. The molecule has 1 aromatic carbocycles. The van der Waals surface area contributed by atoms with Crippen LogP contribution in [-0.4, -0.2) is 29.7 Å². The smallest absolute Gasteiger partial charge is 0.238 e. The Labute approximate surface area is 120 Å². The number of hydrogen-bond acceptors (Lipinski definition) is 3. The predicted octanol–water partition coefficient (Wildman–Crippen LogP) is 2.22. The predicted molar refractivity (Wildman–Crippen MR) is 80.7 cm³/mol. The fraction of sp³-hybridized carbons (Fsp3) is 0.562. The minimum absolute atomic E-state index is 0.0627. The number of anilines is 1. The summed E-state index contributed by atoms with van der Waals surface area (Å²) in [5.74, 6) is -0.0627. The summed E-state index contributed by atoms with van der Waals surface area (Å²) >= 11 is 0. The lowest BCUT2D eigenvalue weighted by molar-refractivity contribution is -0.116. The molecule has 0 heterocycles. The molecular weight excluding hydrogens is 252 g/mol. The average molecular weight is 276 g/mol. The van der Waals surface area contributed by atoms with Crippen molar-refractivity contribution in [1.29, 1.82) is 0 Å². The van der Waals surface area contributed by atoms with Gasteiger partial charge in [-0.05, 0) is 31.9 Å². The molecule has 3 N–H and O–H groups in total. The number of rotatable bonds is 5. The average Bonchev–Trinajstić information content (AvgIpc) is 2.49. The van der Waals surface area contributed by atoms with Crippen LogP contribution in [0.3, 0.4) is 0 Å². The standard InChI is InChI=1S/C16H24N2O2/c1-13-5-7-14(8-6-13)18-15(20)11-17-16(12-19)9-3-2-4-10-16/h5-8,17,19H,2-4,9-12H2,1H3,(H,18,20). The van der Waals surface area contributed by atoms with Gasteiger partial charge in [-0.3, -0.25) is 4.79 Å². The van der Waals surface area contributed by atoms with E-state index in [2.05, 4.69) is 10.6 Å². The molecule has 1 fully saturated rings. The molecule has 110 valence electrons. The molecule has 1 saturated carbocycles. The Morgan fingerprint density at radius 2 is 1.85 bits per heavy atom. The van der Waals surface area contributed by atoms with Gasteiger partial charge >= 0.3 is 0 Å². The van der Waals surface area contributed by atoms with Gasteiger partial charge in [-0.25, -0.2) is 0 Å². The van der Waals surface area contributed by atoms with E-state index in [9.17, 15) is 9.90 Å². The summed E-state index contributed by atoms with van der Waals surface area (Å²) in [6.45, 7) is 2.36. The van der Waals surface area contributed by atoms with E-state index in [1.165, 1.54) is 12.0 Å². The Bertz CT molecular complexity index is 436. The third kappa shape index (κ3) is 4.05. The number of carbonyl (C=O) groups excluding carboxylic acids is 1. The van der Waals surface area contributed by atoms with E-state index in [-0.39, 0.29) is 24.6 Å². The maximum absolute atomic E-state index is 11.9. The van der Waals surface area contributed by atoms with Crippen molar-refractivity contribution in [3.8, 4) is 0 Å². The highest BCUT2D eigenvalue weighted by atomic mass is 16.3. The summed E-state index contributed by atoms with van der Waals surface area (Å²) in [6, 6.07) is 7.74. The van der Waals surface area contributed by atoms with Gasteiger partial charge < -0.3 is 15.7 Å². The van der Waals surface area contributed by atoms with E-state index >= 15 is 0 Å². The van der Waals surface area contributed by atoms with Gasteiger partial charge in [0.2, 0.25) is 5.91 Å². The Hall–Kier alpha value is -1.39. The zero-order valence-corrected chi connectivity index (χ0v) is 12.1. The largest absolute Gasteiger partial charge is 0.394 e. The zero-order chi connectivity index (χ0) is 14.4. The molecule has 1 aromatic rings. The monoisotopic (exact) mass is 276 g/mol. The molecule has 0 aliphatic heterocycles. The molecule has 1 aliphatic carbocycles. The molecule has 4 nitrogen and oxygen atoms in total. The van der Waals surface area contributed by atoms with Gasteiger partial charge in [-0.2, -0.15) is 0 Å². The van der Waals surface area contributed by atoms with Crippen molar-refractivity contribution < 1.29 is 9.90 Å². The lowest BCUT2D eigenvalue weighted by atomic mass is 9.82. The second-order valence-electron chi connectivity index (χ2n) is 5.77. The van der Waals surface area contributed by atoms with Gasteiger partial charge in [0.05, 0.1) is 13.2 Å². The van der Waals surface area contributed by atoms with Crippen LogP contribution in [0.4, 0.5) is 5.69 Å². The molecule has 0 atom stereocenters. The quantitative estimate of drug-likeness (QED) is 0.773. The van der Waals surface area contributed by atoms with Crippen LogP contribution < -0.4 is 10.6 Å². The minimum atomic E-state index is -0.261. The Morgan fingerprint density at radius 1 is 1.20 bits per heavy atom. The molecule has 0 spiro atoms. The second-order valence-corrected chi connectivity index (χ2v) is 5.77. The van der Waals surface area contributed by atoms with Crippen LogP contribution in [0.25, 0.3) is 0 Å². The number of hydrogen-bond donors (Lipinski definition) is 3. The summed E-state index contributed by atoms with van der Waals surface area (Å²) in [4.78, 5) is 11.9. The fourth-order valence-corrected chi connectivity index (χ4v) is 2.73. The third-order valence-electron chi connectivity index (χ3n) is 4.07. The van der Waals surface area contributed by atoms with Gasteiger partial charge in [0.25, 0.3) is 0 Å². The van der Waals surface area contributed by atoms with Crippen molar-refractivity contribution >= 4 is 11.6 Å². The Balaban J connectivity index is 1.83. The number of carbonyl (C=O) groups is 1. The number of amides is 1. The van der Waals surface area contributed by atoms with E-state index in [0.717, 1.165) is 31.4 Å². The SMILES string of the molecule is Cc1ccc(NC(=O)CNC2(CO)CCCCC2)cc1. The van der Waals surface area contributed by atoms with Crippen LogP contribution in [0.1, 0.15) is 37.7 Å². The van der Waals surface area contributed by atoms with Crippen molar-refractivity contribution in [1.82, 2.24) is 5.32 Å². The van der Waals surface area contributed by atoms with Gasteiger partial charge in [-0.15, -0.1) is 0 Å². The normalized spacial score (nSPS) is 17.7. The van der Waals surface area contributed by atoms with Crippen molar-refractivity contribution in [2.45, 2.75) is 44.6 Å². The summed E-state index contributed by atoms with van der Waals surface area (Å²) in [5, 5.41) is 15.7. The highest BCUT2D eigenvalue weighted by molar-refractivity contribution is 5.92. The van der Waals surface area contributed by atoms with Crippen molar-refractivity contribution in [2.75, 3.05) is 18.5 Å². The summed E-state index contributed by atoms with van der Waals surface area (Å²) in [7, 11) is 0. The summed E-state index contributed by atoms with van der Waals surface area (Å²) in [6.07, 6.45) is 5.35. The van der Waals surface area contributed by atoms with Crippen LogP contribution in [0.5, 0.6) is 0 Å². The van der Waals surface area contributed by atoms with Crippen LogP contribution >= 0.6 is 0 Å². The van der Waals surface area contributed by atoms with Gasteiger partial charge in [-0.1, -0.05) is 37.0 Å². The summed E-state index contributed by atoms with van der Waals surface area (Å²) in [5.41, 5.74) is 1.72. The maximum atomic E-state index is 11.9. The molecule has 0 aromatic heterocycles. The van der Waals surface area contributed by atoms with E-state index < -0.39 is 0 Å². The highest BCUT2D eigenvalue weighted by Gasteiger charge is 2.31. The van der Waals surface area contributed by atoms with Crippen molar-refractivity contribution in [3.05, 3.63) is 29.8 Å². The number of benzene rings is 1. The first kappa shape index (κ1) is 15.0. The van der Waals surface area contributed by atoms with Crippen LogP contribution in [0, 0.1) is 6.92 Å². The minimum Gasteiger partial charge on any atom is -0.394 e. The molecule has 20 heavy (non-hydrogen) atoms. The first-order chi connectivity index (χ1) is 9.63. The van der Waals surface area contributed by atoms with Crippen molar-refractivity contribution in [3.63, 3.8) is 0 Å². The highest BCUT2D eigenvalue weighted by Crippen LogP contribution is 2.27. The van der Waals surface area contributed by atoms with Crippen molar-refractivity contribution in [2.24, 2.45) is 0 Å². The van der Waals surface area contributed by atoms with Gasteiger partial charge in [0, 0.05) is 11.2 Å².